The van der Waals surface area contributed by atoms with Gasteiger partial charge in [-0.15, -0.1) is 0 Å². The topological polar surface area (TPSA) is 164 Å². The lowest BCUT2D eigenvalue weighted by Crippen LogP contribution is -1.97. The van der Waals surface area contributed by atoms with E-state index >= 15 is 0 Å². The number of nitriles is 2. The molecule has 0 spiro atoms. The summed E-state index contributed by atoms with van der Waals surface area (Å²) in [6.45, 7) is 0. The number of aromatic amines is 1. The fourth-order valence-electron chi connectivity index (χ4n) is 2.14. The Morgan fingerprint density at radius 2 is 2.00 bits per heavy atom. The average molecular weight is 340 g/mol. The van der Waals surface area contributed by atoms with Gasteiger partial charge in [0.2, 0.25) is 0 Å². The molecule has 1 aromatic heterocycles. The second-order valence-corrected chi connectivity index (χ2v) is 4.66. The van der Waals surface area contributed by atoms with Crippen molar-refractivity contribution in [3.8, 4) is 23.6 Å². The molecule has 0 saturated carbocycles. The number of hydrogen-bond acceptors (Lipinski definition) is 8. The first-order chi connectivity index (χ1) is 12.0. The van der Waals surface area contributed by atoms with Crippen LogP contribution in [-0.4, -0.2) is 29.3 Å². The van der Waals surface area contributed by atoms with Crippen LogP contribution in [0.25, 0.3) is 11.6 Å². The lowest BCUT2D eigenvalue weighted by Gasteiger charge is -2.09. The highest BCUT2D eigenvalue weighted by atomic mass is 16.6. The molecule has 3 N–H and O–H groups in total. The third-order valence-electron chi connectivity index (χ3n) is 3.33. The number of nitrogens with one attached hydrogen (secondary N) is 1. The minimum Gasteiger partial charge on any atom is -0.493 e. The molecule has 2 aromatic rings. The summed E-state index contributed by atoms with van der Waals surface area (Å²) in [5, 5.41) is 36.0. The molecule has 1 aromatic carbocycles. The molecule has 0 aliphatic rings. The highest BCUT2D eigenvalue weighted by Crippen LogP contribution is 2.36. The van der Waals surface area contributed by atoms with E-state index in [-0.39, 0.29) is 45.4 Å². The number of nitro groups is 1. The third kappa shape index (κ3) is 3.18. The van der Waals surface area contributed by atoms with Crippen molar-refractivity contribution in [1.29, 1.82) is 10.5 Å². The standard InChI is InChI=1S/C15H12N6O4/c1-24-12-4-8(11(21(22)23)5-13(12)25-2)3-9(6-16)14-10(7-17)15(18)20-19-14/h3-5H,1-2H3,(H3,18,19,20). The number of methoxy groups -OCH3 is 2. The fourth-order valence-corrected chi connectivity index (χ4v) is 2.14. The van der Waals surface area contributed by atoms with Crippen LogP contribution < -0.4 is 15.2 Å². The number of benzene rings is 1. The number of nitrogens with zero attached hydrogens (tertiary/aromatic N) is 4. The van der Waals surface area contributed by atoms with Crippen LogP contribution in [0.3, 0.4) is 0 Å². The Bertz CT molecular complexity index is 948. The van der Waals surface area contributed by atoms with E-state index in [4.69, 9.17) is 20.5 Å². The second-order valence-electron chi connectivity index (χ2n) is 4.66. The number of allylic oxidation sites excluding steroid dienone is 1. The number of H-pyrrole nitrogens is 1. The summed E-state index contributed by atoms with van der Waals surface area (Å²) < 4.78 is 10.2. The Balaban J connectivity index is 2.71. The number of rotatable bonds is 5. The molecule has 0 atom stereocenters. The van der Waals surface area contributed by atoms with Gasteiger partial charge in [-0.1, -0.05) is 0 Å². The predicted octanol–water partition coefficient (Wildman–Crippen LogP) is 1.85. The summed E-state index contributed by atoms with van der Waals surface area (Å²) in [5.41, 5.74) is 5.36. The van der Waals surface area contributed by atoms with Crippen LogP contribution >= 0.6 is 0 Å². The number of nitro benzene ring substituents is 1. The first kappa shape index (κ1) is 17.3. The van der Waals surface area contributed by atoms with Crippen molar-refractivity contribution >= 4 is 23.2 Å². The van der Waals surface area contributed by atoms with E-state index in [2.05, 4.69) is 10.2 Å². The SMILES string of the molecule is COc1cc(C=C(C#N)c2[nH]nc(N)c2C#N)c([N+](=O)[O-])cc1OC. The monoisotopic (exact) mass is 340 g/mol. The van der Waals surface area contributed by atoms with Crippen LogP contribution in [0.5, 0.6) is 11.5 Å². The van der Waals surface area contributed by atoms with Crippen molar-refractivity contribution in [2.75, 3.05) is 20.0 Å². The molecular weight excluding hydrogens is 328 g/mol. The number of aromatic nitrogens is 2. The van der Waals surface area contributed by atoms with E-state index in [1.54, 1.807) is 0 Å². The van der Waals surface area contributed by atoms with Crippen LogP contribution in [0.4, 0.5) is 11.5 Å². The van der Waals surface area contributed by atoms with E-state index in [1.807, 2.05) is 12.1 Å². The number of nitrogen functional groups attached to an aromatic ring is 1. The molecule has 2 rings (SSSR count). The zero-order valence-corrected chi connectivity index (χ0v) is 13.2. The Kier molecular flexibility index (Phi) is 4.86. The maximum atomic E-state index is 11.3. The van der Waals surface area contributed by atoms with Gasteiger partial charge in [-0.2, -0.15) is 15.6 Å². The van der Waals surface area contributed by atoms with Crippen LogP contribution in [0.2, 0.25) is 0 Å². The molecule has 25 heavy (non-hydrogen) atoms. The quantitative estimate of drug-likeness (QED) is 0.473. The smallest absolute Gasteiger partial charge is 0.280 e. The zero-order chi connectivity index (χ0) is 18.6. The van der Waals surface area contributed by atoms with Gasteiger partial charge >= 0.3 is 0 Å². The van der Waals surface area contributed by atoms with Crippen molar-refractivity contribution < 1.29 is 14.4 Å². The van der Waals surface area contributed by atoms with Gasteiger partial charge < -0.3 is 15.2 Å². The van der Waals surface area contributed by atoms with Crippen molar-refractivity contribution in [1.82, 2.24) is 10.2 Å². The number of hydrogen-bond donors (Lipinski definition) is 2. The molecule has 0 unspecified atom stereocenters. The summed E-state index contributed by atoms with van der Waals surface area (Å²) in [6, 6.07) is 6.26. The van der Waals surface area contributed by atoms with Crippen molar-refractivity contribution in [3.05, 3.63) is 39.1 Å². The minimum atomic E-state index is -0.616. The molecule has 0 bridgehead atoms. The summed E-state index contributed by atoms with van der Waals surface area (Å²) >= 11 is 0. The molecule has 0 aliphatic heterocycles. The van der Waals surface area contributed by atoms with Gasteiger partial charge in [0, 0.05) is 0 Å². The summed E-state index contributed by atoms with van der Waals surface area (Å²) in [5.74, 6) is 0.357. The van der Waals surface area contributed by atoms with E-state index in [0.717, 1.165) is 0 Å². The maximum Gasteiger partial charge on any atom is 0.280 e. The molecule has 0 fully saturated rings. The van der Waals surface area contributed by atoms with Crippen molar-refractivity contribution in [3.63, 3.8) is 0 Å². The molecule has 0 saturated heterocycles. The van der Waals surface area contributed by atoms with E-state index in [0.29, 0.717) is 0 Å². The Hall–Kier alpha value is -4.05. The lowest BCUT2D eigenvalue weighted by molar-refractivity contribution is -0.385. The van der Waals surface area contributed by atoms with Gasteiger partial charge in [-0.25, -0.2) is 0 Å². The number of anilines is 1. The van der Waals surface area contributed by atoms with Gasteiger partial charge in [0.15, 0.2) is 17.3 Å². The summed E-state index contributed by atoms with van der Waals surface area (Å²) in [7, 11) is 2.73. The Labute approximate surface area is 141 Å². The highest BCUT2D eigenvalue weighted by Gasteiger charge is 2.21. The summed E-state index contributed by atoms with van der Waals surface area (Å²) in [6.07, 6.45) is 1.24. The van der Waals surface area contributed by atoms with E-state index in [9.17, 15) is 15.4 Å². The average Bonchev–Trinajstić information content (AvgIpc) is 2.99. The van der Waals surface area contributed by atoms with Crippen LogP contribution in [0, 0.1) is 32.8 Å². The molecule has 10 heteroatoms. The number of nitrogens with two attached hydrogens (primary N) is 1. The maximum absolute atomic E-state index is 11.3. The largest absolute Gasteiger partial charge is 0.493 e. The van der Waals surface area contributed by atoms with Crippen LogP contribution in [0.1, 0.15) is 16.8 Å². The molecule has 126 valence electrons. The molecule has 1 heterocycles. The van der Waals surface area contributed by atoms with Gasteiger partial charge in [-0.05, 0) is 12.1 Å². The van der Waals surface area contributed by atoms with Crippen LogP contribution in [-0.2, 0) is 0 Å². The number of ether oxygens (including phenoxy) is 2. The predicted molar refractivity (Wildman–Crippen MR) is 87.4 cm³/mol. The van der Waals surface area contributed by atoms with E-state index in [1.165, 1.54) is 32.4 Å². The fraction of sp³-hybridized carbons (Fsp3) is 0.133. The van der Waals surface area contributed by atoms with Gasteiger partial charge in [0.1, 0.15) is 17.7 Å². The molecule has 0 aliphatic carbocycles. The zero-order valence-electron chi connectivity index (χ0n) is 13.2. The van der Waals surface area contributed by atoms with Gasteiger partial charge in [0.25, 0.3) is 5.69 Å². The normalized spacial score (nSPS) is 10.6. The highest BCUT2D eigenvalue weighted by molar-refractivity contribution is 5.93. The molecule has 10 nitrogen and oxygen atoms in total. The first-order valence-electron chi connectivity index (χ1n) is 6.73. The first-order valence-corrected chi connectivity index (χ1v) is 6.73. The minimum absolute atomic E-state index is 0.0177. The van der Waals surface area contributed by atoms with E-state index < -0.39 is 4.92 Å². The lowest BCUT2D eigenvalue weighted by atomic mass is 10.0. The summed E-state index contributed by atoms with van der Waals surface area (Å²) in [4.78, 5) is 10.7. The Morgan fingerprint density at radius 3 is 2.52 bits per heavy atom. The van der Waals surface area contributed by atoms with Crippen molar-refractivity contribution in [2.45, 2.75) is 0 Å². The van der Waals surface area contributed by atoms with Gasteiger partial charge in [0.05, 0.1) is 42.0 Å². The second kappa shape index (κ2) is 7.02. The third-order valence-corrected chi connectivity index (χ3v) is 3.33. The molecule has 0 amide bonds. The van der Waals surface area contributed by atoms with Gasteiger partial charge in [-0.3, -0.25) is 15.2 Å². The molecular formula is C15H12N6O4. The van der Waals surface area contributed by atoms with Crippen LogP contribution in [0.15, 0.2) is 12.1 Å². The molecule has 0 radical (unpaired) electrons. The van der Waals surface area contributed by atoms with Crippen molar-refractivity contribution in [2.24, 2.45) is 0 Å². The Morgan fingerprint density at radius 1 is 1.36 bits per heavy atom.